The number of hydrogen-bond acceptors (Lipinski definition) is 4. The zero-order valence-electron chi connectivity index (χ0n) is 14.0. The highest BCUT2D eigenvalue weighted by Crippen LogP contribution is 2.28. The first kappa shape index (κ1) is 18.8. The predicted molar refractivity (Wildman–Crippen MR) is 93.3 cm³/mol. The molecule has 0 atom stereocenters. The Morgan fingerprint density at radius 2 is 1.40 bits per heavy atom. The van der Waals surface area contributed by atoms with Crippen LogP contribution in [0.15, 0.2) is 24.3 Å². The molecular formula is C16H23FN2O4S2. The molecule has 0 spiro atoms. The van der Waals surface area contributed by atoms with Crippen molar-refractivity contribution in [3.63, 3.8) is 0 Å². The van der Waals surface area contributed by atoms with Crippen LogP contribution < -0.4 is 0 Å². The third kappa shape index (κ3) is 4.21. The SMILES string of the molecule is O=S(=O)(Cc1ccc(F)cc1)N1CCN(S(=O)(=O)C2CCCC2)CC1. The van der Waals surface area contributed by atoms with Gasteiger partial charge in [0.25, 0.3) is 0 Å². The number of rotatable bonds is 5. The van der Waals surface area contributed by atoms with E-state index >= 15 is 0 Å². The average Bonchev–Trinajstić information content (AvgIpc) is 3.12. The molecule has 0 unspecified atom stereocenters. The molecule has 1 saturated carbocycles. The zero-order valence-corrected chi connectivity index (χ0v) is 15.6. The van der Waals surface area contributed by atoms with E-state index in [1.165, 1.54) is 32.9 Å². The summed E-state index contributed by atoms with van der Waals surface area (Å²) in [4.78, 5) is 0. The van der Waals surface area contributed by atoms with Crippen LogP contribution in [0, 0.1) is 5.82 Å². The molecule has 3 rings (SSSR count). The summed E-state index contributed by atoms with van der Waals surface area (Å²) >= 11 is 0. The monoisotopic (exact) mass is 390 g/mol. The fourth-order valence-electron chi connectivity index (χ4n) is 3.48. The standard InChI is InChI=1S/C16H23FN2O4S2/c17-15-7-5-14(6-8-15)13-24(20,21)18-9-11-19(12-10-18)25(22,23)16-3-1-2-4-16/h5-8,16H,1-4,9-13H2. The van der Waals surface area contributed by atoms with Crippen molar-refractivity contribution in [2.45, 2.75) is 36.7 Å². The number of hydrogen-bond donors (Lipinski definition) is 0. The van der Waals surface area contributed by atoms with E-state index in [-0.39, 0.29) is 37.2 Å². The van der Waals surface area contributed by atoms with Gasteiger partial charge in [-0.1, -0.05) is 25.0 Å². The lowest BCUT2D eigenvalue weighted by Gasteiger charge is -2.34. The van der Waals surface area contributed by atoms with Crippen LogP contribution in [0.4, 0.5) is 4.39 Å². The maximum atomic E-state index is 12.9. The first-order valence-electron chi connectivity index (χ1n) is 8.50. The molecule has 25 heavy (non-hydrogen) atoms. The molecular weight excluding hydrogens is 367 g/mol. The lowest BCUT2D eigenvalue weighted by molar-refractivity contribution is 0.270. The highest BCUT2D eigenvalue weighted by molar-refractivity contribution is 7.89. The highest BCUT2D eigenvalue weighted by atomic mass is 32.2. The Labute approximate surface area is 148 Å². The van der Waals surface area contributed by atoms with E-state index in [4.69, 9.17) is 0 Å². The molecule has 1 heterocycles. The Morgan fingerprint density at radius 1 is 0.880 bits per heavy atom. The fraction of sp³-hybridized carbons (Fsp3) is 0.625. The van der Waals surface area contributed by atoms with Crippen LogP contribution >= 0.6 is 0 Å². The Hall–Kier alpha value is -1.03. The molecule has 2 fully saturated rings. The van der Waals surface area contributed by atoms with E-state index in [9.17, 15) is 21.2 Å². The van der Waals surface area contributed by atoms with Crippen molar-refractivity contribution in [2.75, 3.05) is 26.2 Å². The fourth-order valence-corrected chi connectivity index (χ4v) is 7.02. The van der Waals surface area contributed by atoms with Gasteiger partial charge in [-0.3, -0.25) is 0 Å². The van der Waals surface area contributed by atoms with Crippen LogP contribution in [0.1, 0.15) is 31.2 Å². The largest absolute Gasteiger partial charge is 0.218 e. The second kappa shape index (κ2) is 7.30. The van der Waals surface area contributed by atoms with Gasteiger partial charge in [0.05, 0.1) is 11.0 Å². The summed E-state index contributed by atoms with van der Waals surface area (Å²) in [6.07, 6.45) is 3.28. The van der Waals surface area contributed by atoms with E-state index in [1.54, 1.807) is 0 Å². The zero-order chi connectivity index (χ0) is 18.1. The first-order chi connectivity index (χ1) is 11.8. The number of sulfonamides is 2. The van der Waals surface area contributed by atoms with Crippen molar-refractivity contribution in [3.05, 3.63) is 35.6 Å². The quantitative estimate of drug-likeness (QED) is 0.764. The van der Waals surface area contributed by atoms with Crippen molar-refractivity contribution in [2.24, 2.45) is 0 Å². The molecule has 9 heteroatoms. The maximum Gasteiger partial charge on any atom is 0.218 e. The van der Waals surface area contributed by atoms with E-state index < -0.39 is 25.9 Å². The lowest BCUT2D eigenvalue weighted by Crippen LogP contribution is -2.52. The second-order valence-electron chi connectivity index (χ2n) is 6.63. The number of halogens is 1. The van der Waals surface area contributed by atoms with Crippen LogP contribution in [-0.2, 0) is 25.8 Å². The molecule has 1 aromatic carbocycles. The van der Waals surface area contributed by atoms with Crippen LogP contribution in [-0.4, -0.2) is 56.9 Å². The smallest absolute Gasteiger partial charge is 0.212 e. The van der Waals surface area contributed by atoms with Gasteiger partial charge in [0.15, 0.2) is 0 Å². The van der Waals surface area contributed by atoms with Crippen molar-refractivity contribution < 1.29 is 21.2 Å². The van der Waals surface area contributed by atoms with Gasteiger partial charge in [0, 0.05) is 26.2 Å². The molecule has 2 aliphatic rings. The number of benzene rings is 1. The lowest BCUT2D eigenvalue weighted by atomic mass is 10.2. The molecule has 140 valence electrons. The van der Waals surface area contributed by atoms with Crippen molar-refractivity contribution in [3.8, 4) is 0 Å². The van der Waals surface area contributed by atoms with Gasteiger partial charge in [-0.15, -0.1) is 0 Å². The second-order valence-corrected chi connectivity index (χ2v) is 10.8. The summed E-state index contributed by atoms with van der Waals surface area (Å²) in [6, 6.07) is 5.37. The van der Waals surface area contributed by atoms with E-state index in [0.29, 0.717) is 18.4 Å². The Bertz CT molecular complexity index is 795. The summed E-state index contributed by atoms with van der Waals surface area (Å²) in [6.45, 7) is 0.716. The highest BCUT2D eigenvalue weighted by Gasteiger charge is 2.37. The van der Waals surface area contributed by atoms with E-state index in [1.807, 2.05) is 0 Å². The minimum atomic E-state index is -3.55. The van der Waals surface area contributed by atoms with Gasteiger partial charge >= 0.3 is 0 Å². The molecule has 6 nitrogen and oxygen atoms in total. The Morgan fingerprint density at radius 3 is 1.96 bits per heavy atom. The van der Waals surface area contributed by atoms with Crippen LogP contribution in [0.3, 0.4) is 0 Å². The summed E-state index contributed by atoms with van der Waals surface area (Å²) in [7, 11) is -6.87. The molecule has 0 bridgehead atoms. The molecule has 1 saturated heterocycles. The van der Waals surface area contributed by atoms with Crippen molar-refractivity contribution in [1.29, 1.82) is 0 Å². The third-order valence-electron chi connectivity index (χ3n) is 4.94. The summed E-state index contributed by atoms with van der Waals surface area (Å²) in [5.41, 5.74) is 0.516. The third-order valence-corrected chi connectivity index (χ3v) is 9.19. The maximum absolute atomic E-state index is 12.9. The minimum Gasteiger partial charge on any atom is -0.212 e. The molecule has 1 aromatic rings. The van der Waals surface area contributed by atoms with Gasteiger partial charge in [0.1, 0.15) is 5.82 Å². The predicted octanol–water partition coefficient (Wildman–Crippen LogP) is 1.55. The minimum absolute atomic E-state index is 0.162. The molecule has 0 amide bonds. The molecule has 0 radical (unpaired) electrons. The molecule has 1 aliphatic carbocycles. The normalized spacial score (nSPS) is 21.6. The van der Waals surface area contributed by atoms with Gasteiger partial charge in [-0.25, -0.2) is 21.2 Å². The van der Waals surface area contributed by atoms with Crippen LogP contribution in [0.25, 0.3) is 0 Å². The summed E-state index contributed by atoms with van der Waals surface area (Å²) in [5.74, 6) is -0.616. The van der Waals surface area contributed by atoms with E-state index in [0.717, 1.165) is 12.8 Å². The first-order valence-corrected chi connectivity index (χ1v) is 11.6. The summed E-state index contributed by atoms with van der Waals surface area (Å²) < 4.78 is 65.9. The van der Waals surface area contributed by atoms with Gasteiger partial charge < -0.3 is 0 Å². The molecule has 0 aromatic heterocycles. The topological polar surface area (TPSA) is 74.8 Å². The van der Waals surface area contributed by atoms with Crippen LogP contribution in [0.5, 0.6) is 0 Å². The Kier molecular flexibility index (Phi) is 5.48. The van der Waals surface area contributed by atoms with Crippen molar-refractivity contribution >= 4 is 20.0 Å². The summed E-state index contributed by atoms with van der Waals surface area (Å²) in [5, 5.41) is -0.310. The molecule has 0 N–H and O–H groups in total. The number of piperazine rings is 1. The Balaban J connectivity index is 1.62. The van der Waals surface area contributed by atoms with E-state index in [2.05, 4.69) is 0 Å². The van der Waals surface area contributed by atoms with Crippen LogP contribution in [0.2, 0.25) is 0 Å². The molecule has 1 aliphatic heterocycles. The average molecular weight is 391 g/mol. The van der Waals surface area contributed by atoms with Gasteiger partial charge in [-0.2, -0.15) is 8.61 Å². The number of nitrogens with zero attached hydrogens (tertiary/aromatic N) is 2. The van der Waals surface area contributed by atoms with Gasteiger partial charge in [0.2, 0.25) is 20.0 Å². The van der Waals surface area contributed by atoms with Crippen molar-refractivity contribution in [1.82, 2.24) is 8.61 Å². The van der Waals surface area contributed by atoms with Gasteiger partial charge in [-0.05, 0) is 30.5 Å².